The van der Waals surface area contributed by atoms with Gasteiger partial charge in [0.15, 0.2) is 0 Å². The quantitative estimate of drug-likeness (QED) is 0.557. The van der Waals surface area contributed by atoms with Crippen molar-refractivity contribution in [2.45, 2.75) is 13.8 Å². The van der Waals surface area contributed by atoms with Crippen LogP contribution >= 0.6 is 0 Å². The summed E-state index contributed by atoms with van der Waals surface area (Å²) in [7, 11) is 0. The molecule has 3 aromatic rings. The first kappa shape index (κ1) is 17.2. The maximum atomic E-state index is 12.1. The van der Waals surface area contributed by atoms with Gasteiger partial charge >= 0.3 is 0 Å². The molecule has 0 bridgehead atoms. The van der Waals surface area contributed by atoms with Crippen LogP contribution in [0.25, 0.3) is 10.8 Å². The highest BCUT2D eigenvalue weighted by Crippen LogP contribution is 2.24. The number of hydrogen-bond acceptors (Lipinski definition) is 3. The van der Waals surface area contributed by atoms with Crippen LogP contribution in [0.1, 0.15) is 29.8 Å². The molecule has 0 aliphatic heterocycles. The molecule has 0 unspecified atom stereocenters. The van der Waals surface area contributed by atoms with E-state index in [2.05, 4.69) is 10.5 Å². The van der Waals surface area contributed by atoms with Crippen molar-refractivity contribution < 1.29 is 9.90 Å². The molecule has 4 heteroatoms. The van der Waals surface area contributed by atoms with Crippen LogP contribution in [0.3, 0.4) is 0 Å². The number of hydrazone groups is 1. The van der Waals surface area contributed by atoms with Crippen molar-refractivity contribution in [1.82, 2.24) is 5.43 Å². The zero-order valence-corrected chi connectivity index (χ0v) is 13.7. The monoisotopic (exact) mass is 320 g/mol. The van der Waals surface area contributed by atoms with Crippen LogP contribution in [0.5, 0.6) is 5.75 Å². The van der Waals surface area contributed by atoms with Crippen LogP contribution in [0.2, 0.25) is 0 Å². The van der Waals surface area contributed by atoms with Gasteiger partial charge in [0.25, 0.3) is 5.91 Å². The van der Waals surface area contributed by atoms with E-state index in [0.717, 1.165) is 16.3 Å². The van der Waals surface area contributed by atoms with E-state index in [1.54, 1.807) is 18.3 Å². The fourth-order valence-corrected chi connectivity index (χ4v) is 2.17. The van der Waals surface area contributed by atoms with E-state index < -0.39 is 5.91 Å². The molecule has 3 aromatic carbocycles. The summed E-state index contributed by atoms with van der Waals surface area (Å²) < 4.78 is 0. The van der Waals surface area contributed by atoms with E-state index in [0.29, 0.717) is 0 Å². The number of phenols is 1. The van der Waals surface area contributed by atoms with Crippen molar-refractivity contribution in [2.75, 3.05) is 0 Å². The lowest BCUT2D eigenvalue weighted by molar-refractivity contribution is 0.0952. The van der Waals surface area contributed by atoms with Crippen molar-refractivity contribution >= 4 is 22.9 Å². The first-order valence-corrected chi connectivity index (χ1v) is 7.84. The minimum absolute atomic E-state index is 0.0638. The number of amides is 1. The van der Waals surface area contributed by atoms with Crippen LogP contribution in [0.15, 0.2) is 71.8 Å². The van der Waals surface area contributed by atoms with Crippen molar-refractivity contribution in [3.63, 3.8) is 0 Å². The Morgan fingerprint density at radius 3 is 2.21 bits per heavy atom. The van der Waals surface area contributed by atoms with Crippen molar-refractivity contribution in [1.29, 1.82) is 0 Å². The first-order chi connectivity index (χ1) is 11.7. The predicted octanol–water partition coefficient (Wildman–Crippen LogP) is 4.34. The zero-order chi connectivity index (χ0) is 17.4. The van der Waals surface area contributed by atoms with Gasteiger partial charge in [0.2, 0.25) is 0 Å². The largest absolute Gasteiger partial charge is 0.507 e. The van der Waals surface area contributed by atoms with E-state index in [-0.39, 0.29) is 11.3 Å². The number of fused-ring (bicyclic) bond motifs is 1. The molecule has 0 aliphatic carbocycles. The number of aromatic hydroxyl groups is 1. The smallest absolute Gasteiger partial charge is 0.275 e. The fourth-order valence-electron chi connectivity index (χ4n) is 2.17. The summed E-state index contributed by atoms with van der Waals surface area (Å²) in [5.41, 5.74) is 3.50. The van der Waals surface area contributed by atoms with E-state index in [1.807, 2.05) is 68.4 Å². The molecule has 1 amide bonds. The molecule has 0 fully saturated rings. The SMILES string of the molecule is CC.O=C(N/N=C\c1ccccc1)c1cc2ccccc2cc1O. The van der Waals surface area contributed by atoms with Crippen molar-refractivity contribution in [3.05, 3.63) is 77.9 Å². The third kappa shape index (κ3) is 4.20. The Morgan fingerprint density at radius 2 is 1.54 bits per heavy atom. The highest BCUT2D eigenvalue weighted by Gasteiger charge is 2.11. The molecule has 0 spiro atoms. The Morgan fingerprint density at radius 1 is 0.958 bits per heavy atom. The van der Waals surface area contributed by atoms with E-state index >= 15 is 0 Å². The average Bonchev–Trinajstić information content (AvgIpc) is 2.63. The van der Waals surface area contributed by atoms with Crippen LogP contribution in [-0.4, -0.2) is 17.2 Å². The summed E-state index contributed by atoms with van der Waals surface area (Å²) in [6.07, 6.45) is 1.55. The first-order valence-electron chi connectivity index (χ1n) is 7.84. The molecule has 0 atom stereocenters. The summed E-state index contributed by atoms with van der Waals surface area (Å²) in [6.45, 7) is 4.00. The van der Waals surface area contributed by atoms with Crippen LogP contribution in [-0.2, 0) is 0 Å². The molecular weight excluding hydrogens is 300 g/mol. The summed E-state index contributed by atoms with van der Waals surface area (Å²) in [6, 6.07) is 20.2. The molecule has 0 aliphatic rings. The maximum absolute atomic E-state index is 12.1. The maximum Gasteiger partial charge on any atom is 0.275 e. The second kappa shape index (κ2) is 8.48. The minimum atomic E-state index is -0.449. The Hall–Kier alpha value is -3.14. The predicted molar refractivity (Wildman–Crippen MR) is 98.5 cm³/mol. The Labute approximate surface area is 141 Å². The van der Waals surface area contributed by atoms with Crippen molar-refractivity contribution in [2.24, 2.45) is 5.10 Å². The van der Waals surface area contributed by atoms with Crippen LogP contribution in [0, 0.1) is 0 Å². The van der Waals surface area contributed by atoms with Gasteiger partial charge in [-0.3, -0.25) is 4.79 Å². The van der Waals surface area contributed by atoms with E-state index in [4.69, 9.17) is 0 Å². The lowest BCUT2D eigenvalue weighted by Crippen LogP contribution is -2.17. The summed E-state index contributed by atoms with van der Waals surface area (Å²) in [5.74, 6) is -0.512. The highest BCUT2D eigenvalue weighted by molar-refractivity contribution is 6.01. The van der Waals surface area contributed by atoms with Gasteiger partial charge in [-0.15, -0.1) is 0 Å². The van der Waals surface area contributed by atoms with Gasteiger partial charge in [-0.1, -0.05) is 68.4 Å². The van der Waals surface area contributed by atoms with E-state index in [1.165, 1.54) is 0 Å². The van der Waals surface area contributed by atoms with Crippen LogP contribution < -0.4 is 5.43 Å². The average molecular weight is 320 g/mol. The number of phenolic OH excluding ortho intramolecular Hbond substituents is 1. The number of hydrogen-bond donors (Lipinski definition) is 2. The van der Waals surface area contributed by atoms with Gasteiger partial charge in [-0.2, -0.15) is 5.10 Å². The third-order valence-electron chi connectivity index (χ3n) is 3.29. The Balaban J connectivity index is 0.00000100. The normalized spacial score (nSPS) is 10.2. The number of nitrogens with zero attached hydrogens (tertiary/aromatic N) is 1. The molecule has 122 valence electrons. The lowest BCUT2D eigenvalue weighted by Gasteiger charge is -2.05. The van der Waals surface area contributed by atoms with Gasteiger partial charge in [-0.05, 0) is 28.5 Å². The Kier molecular flexibility index (Phi) is 6.08. The molecule has 0 heterocycles. The van der Waals surface area contributed by atoms with Crippen LogP contribution in [0.4, 0.5) is 0 Å². The van der Waals surface area contributed by atoms with Gasteiger partial charge in [0, 0.05) is 0 Å². The molecule has 4 nitrogen and oxygen atoms in total. The highest BCUT2D eigenvalue weighted by atomic mass is 16.3. The molecule has 0 saturated carbocycles. The van der Waals surface area contributed by atoms with Gasteiger partial charge in [0.05, 0.1) is 11.8 Å². The molecule has 24 heavy (non-hydrogen) atoms. The van der Waals surface area contributed by atoms with Gasteiger partial charge < -0.3 is 5.11 Å². The van der Waals surface area contributed by atoms with Gasteiger partial charge in [-0.25, -0.2) is 5.43 Å². The lowest BCUT2D eigenvalue weighted by atomic mass is 10.1. The van der Waals surface area contributed by atoms with Gasteiger partial charge in [0.1, 0.15) is 5.75 Å². The molecule has 0 aromatic heterocycles. The topological polar surface area (TPSA) is 61.7 Å². The molecule has 2 N–H and O–H groups in total. The number of carbonyl (C=O) groups excluding carboxylic acids is 1. The van der Waals surface area contributed by atoms with E-state index in [9.17, 15) is 9.90 Å². The molecule has 0 saturated heterocycles. The number of benzene rings is 3. The standard InChI is InChI=1S/C18H14N2O2.C2H6/c21-17-11-15-9-5-4-8-14(15)10-16(17)18(22)20-19-12-13-6-2-1-3-7-13;1-2/h1-12,21H,(H,20,22);1-2H3/b19-12-;. The molecular formula is C20H20N2O2. The summed E-state index contributed by atoms with van der Waals surface area (Å²) in [5, 5.41) is 15.7. The fraction of sp³-hybridized carbons (Fsp3) is 0.100. The second-order valence-electron chi connectivity index (χ2n) is 4.83. The summed E-state index contributed by atoms with van der Waals surface area (Å²) in [4.78, 5) is 12.1. The number of nitrogens with one attached hydrogen (secondary N) is 1. The zero-order valence-electron chi connectivity index (χ0n) is 13.7. The van der Waals surface area contributed by atoms with Crippen molar-refractivity contribution in [3.8, 4) is 5.75 Å². The second-order valence-corrected chi connectivity index (χ2v) is 4.83. The number of rotatable bonds is 3. The Bertz CT molecular complexity index is 843. The molecule has 3 rings (SSSR count). The molecule has 0 radical (unpaired) electrons. The summed E-state index contributed by atoms with van der Waals surface area (Å²) >= 11 is 0. The minimum Gasteiger partial charge on any atom is -0.507 e. The third-order valence-corrected chi connectivity index (χ3v) is 3.29. The number of carbonyl (C=O) groups is 1.